The van der Waals surface area contributed by atoms with Crippen LogP contribution in [-0.2, 0) is 4.79 Å². The molecule has 1 aromatic carbocycles. The molecule has 2 rings (SSSR count). The Balaban J connectivity index is 2.32. The molecule has 0 aromatic heterocycles. The number of benzene rings is 1. The zero-order valence-electron chi connectivity index (χ0n) is 8.90. The van der Waals surface area contributed by atoms with Crippen molar-refractivity contribution in [3.05, 3.63) is 28.2 Å². The van der Waals surface area contributed by atoms with Crippen LogP contribution in [0.5, 0.6) is 0 Å². The van der Waals surface area contributed by atoms with Crippen molar-refractivity contribution in [2.24, 2.45) is 5.92 Å². The summed E-state index contributed by atoms with van der Waals surface area (Å²) < 4.78 is 0.954. The quantitative estimate of drug-likeness (QED) is 0.793. The van der Waals surface area contributed by atoms with Crippen molar-refractivity contribution in [1.29, 1.82) is 5.26 Å². The first-order valence-electron chi connectivity index (χ1n) is 5.07. The first-order chi connectivity index (χ1) is 7.60. The summed E-state index contributed by atoms with van der Waals surface area (Å²) in [5.41, 5.74) is 1.97. The summed E-state index contributed by atoms with van der Waals surface area (Å²) >= 11 is 3.41. The third-order valence-corrected chi connectivity index (χ3v) is 3.10. The Kier molecular flexibility index (Phi) is 2.97. The molecule has 0 saturated carbocycles. The van der Waals surface area contributed by atoms with Crippen LogP contribution in [0.1, 0.15) is 12.0 Å². The summed E-state index contributed by atoms with van der Waals surface area (Å²) in [5.74, 6) is -0.143. The summed E-state index contributed by atoms with van der Waals surface area (Å²) in [6.07, 6.45) is 0.335. The molecule has 1 unspecified atom stereocenters. The first-order valence-corrected chi connectivity index (χ1v) is 5.86. The van der Waals surface area contributed by atoms with Gasteiger partial charge in [-0.3, -0.25) is 4.79 Å². The van der Waals surface area contributed by atoms with E-state index < -0.39 is 0 Å². The van der Waals surface area contributed by atoms with Gasteiger partial charge in [0.15, 0.2) is 0 Å². The van der Waals surface area contributed by atoms with E-state index in [2.05, 4.69) is 22.0 Å². The predicted molar refractivity (Wildman–Crippen MR) is 65.0 cm³/mol. The molecular weight excluding hydrogens is 268 g/mol. The number of anilines is 1. The standard InChI is InChI=1S/C12H11BrN2O/c1-8-2-10(13)5-11(3-8)15-7-9(6-14)4-12(15)16/h2-3,5,9H,4,7H2,1H3. The second kappa shape index (κ2) is 4.26. The second-order valence-electron chi connectivity index (χ2n) is 4.02. The predicted octanol–water partition coefficient (Wildman–Crippen LogP) is 2.63. The molecule has 1 fully saturated rings. The van der Waals surface area contributed by atoms with Crippen molar-refractivity contribution in [3.8, 4) is 6.07 Å². The first kappa shape index (κ1) is 11.2. The normalized spacial score (nSPS) is 19.9. The average molecular weight is 279 g/mol. The zero-order valence-corrected chi connectivity index (χ0v) is 10.5. The van der Waals surface area contributed by atoms with Crippen molar-refractivity contribution in [3.63, 3.8) is 0 Å². The lowest BCUT2D eigenvalue weighted by Gasteiger charge is -2.16. The van der Waals surface area contributed by atoms with E-state index in [4.69, 9.17) is 5.26 Å². The Labute approximate surface area is 103 Å². The highest BCUT2D eigenvalue weighted by Crippen LogP contribution is 2.28. The van der Waals surface area contributed by atoms with E-state index >= 15 is 0 Å². The average Bonchev–Trinajstić information content (AvgIpc) is 2.58. The number of amides is 1. The lowest BCUT2D eigenvalue weighted by Crippen LogP contribution is -2.24. The Bertz CT molecular complexity index is 458. The van der Waals surface area contributed by atoms with Crippen molar-refractivity contribution in [2.45, 2.75) is 13.3 Å². The molecule has 1 heterocycles. The lowest BCUT2D eigenvalue weighted by atomic mass is 10.1. The van der Waals surface area contributed by atoms with Gasteiger partial charge in [-0.1, -0.05) is 15.9 Å². The molecule has 1 saturated heterocycles. The van der Waals surface area contributed by atoms with E-state index in [9.17, 15) is 4.79 Å². The van der Waals surface area contributed by atoms with Crippen molar-refractivity contribution < 1.29 is 4.79 Å². The van der Waals surface area contributed by atoms with Gasteiger partial charge in [0.1, 0.15) is 0 Å². The maximum atomic E-state index is 11.7. The van der Waals surface area contributed by atoms with E-state index in [-0.39, 0.29) is 11.8 Å². The molecule has 1 aliphatic heterocycles. The smallest absolute Gasteiger partial charge is 0.228 e. The topological polar surface area (TPSA) is 44.1 Å². The van der Waals surface area contributed by atoms with E-state index in [0.29, 0.717) is 13.0 Å². The van der Waals surface area contributed by atoms with Crippen LogP contribution in [-0.4, -0.2) is 12.5 Å². The number of hydrogen-bond donors (Lipinski definition) is 0. The molecule has 4 heteroatoms. The maximum absolute atomic E-state index is 11.7. The number of aryl methyl sites for hydroxylation is 1. The molecule has 1 aliphatic rings. The SMILES string of the molecule is Cc1cc(Br)cc(N2CC(C#N)CC2=O)c1. The number of carbonyl (C=O) groups excluding carboxylic acids is 1. The molecule has 16 heavy (non-hydrogen) atoms. The van der Waals surface area contributed by atoms with E-state index in [0.717, 1.165) is 15.7 Å². The van der Waals surface area contributed by atoms with Gasteiger partial charge in [0.05, 0.1) is 12.0 Å². The minimum Gasteiger partial charge on any atom is -0.311 e. The van der Waals surface area contributed by atoms with Gasteiger partial charge in [-0.15, -0.1) is 0 Å². The van der Waals surface area contributed by atoms with Crippen molar-refractivity contribution in [1.82, 2.24) is 0 Å². The number of nitrogens with zero attached hydrogens (tertiary/aromatic N) is 2. The Hall–Kier alpha value is -1.34. The molecule has 0 N–H and O–H groups in total. The van der Waals surface area contributed by atoms with Crippen LogP contribution in [0.25, 0.3) is 0 Å². The zero-order chi connectivity index (χ0) is 11.7. The molecular formula is C12H11BrN2O. The van der Waals surface area contributed by atoms with E-state index in [1.54, 1.807) is 4.90 Å². The fraction of sp³-hybridized carbons (Fsp3) is 0.333. The van der Waals surface area contributed by atoms with Crippen LogP contribution in [0.15, 0.2) is 22.7 Å². The molecule has 1 aromatic rings. The fourth-order valence-electron chi connectivity index (χ4n) is 1.92. The van der Waals surface area contributed by atoms with Gasteiger partial charge in [-0.2, -0.15) is 5.26 Å². The summed E-state index contributed by atoms with van der Waals surface area (Å²) in [4.78, 5) is 13.4. The molecule has 0 aliphatic carbocycles. The van der Waals surface area contributed by atoms with Crippen LogP contribution in [0.2, 0.25) is 0 Å². The van der Waals surface area contributed by atoms with Crippen LogP contribution in [0.4, 0.5) is 5.69 Å². The van der Waals surface area contributed by atoms with Crippen LogP contribution < -0.4 is 4.90 Å². The van der Waals surface area contributed by atoms with E-state index in [1.807, 2.05) is 25.1 Å². The highest BCUT2D eigenvalue weighted by Gasteiger charge is 2.30. The molecule has 1 atom stereocenters. The monoisotopic (exact) mass is 278 g/mol. The van der Waals surface area contributed by atoms with Gasteiger partial charge in [0.2, 0.25) is 5.91 Å². The van der Waals surface area contributed by atoms with Gasteiger partial charge in [-0.05, 0) is 30.7 Å². The largest absolute Gasteiger partial charge is 0.311 e. The number of rotatable bonds is 1. The maximum Gasteiger partial charge on any atom is 0.228 e. The molecule has 0 spiro atoms. The Morgan fingerprint density at radius 2 is 2.25 bits per heavy atom. The highest BCUT2D eigenvalue weighted by molar-refractivity contribution is 9.10. The summed E-state index contributed by atoms with van der Waals surface area (Å²) in [6, 6.07) is 8.01. The minimum absolute atomic E-state index is 0.0315. The second-order valence-corrected chi connectivity index (χ2v) is 4.94. The summed E-state index contributed by atoms with van der Waals surface area (Å²) in [5, 5.41) is 8.82. The highest BCUT2D eigenvalue weighted by atomic mass is 79.9. The van der Waals surface area contributed by atoms with Crippen LogP contribution in [0, 0.1) is 24.2 Å². The number of halogens is 1. The van der Waals surface area contributed by atoms with Crippen LogP contribution in [0.3, 0.4) is 0 Å². The fourth-order valence-corrected chi connectivity index (χ4v) is 2.51. The van der Waals surface area contributed by atoms with Gasteiger partial charge < -0.3 is 4.90 Å². The summed E-state index contributed by atoms with van der Waals surface area (Å²) in [6.45, 7) is 2.49. The van der Waals surface area contributed by atoms with Crippen molar-refractivity contribution in [2.75, 3.05) is 11.4 Å². The number of nitriles is 1. The molecule has 82 valence electrons. The van der Waals surface area contributed by atoms with Crippen LogP contribution >= 0.6 is 15.9 Å². The third-order valence-electron chi connectivity index (χ3n) is 2.65. The summed E-state index contributed by atoms with van der Waals surface area (Å²) in [7, 11) is 0. The van der Waals surface area contributed by atoms with Crippen molar-refractivity contribution >= 4 is 27.5 Å². The minimum atomic E-state index is -0.174. The third kappa shape index (κ3) is 2.10. The number of hydrogen-bond acceptors (Lipinski definition) is 2. The lowest BCUT2D eigenvalue weighted by molar-refractivity contribution is -0.117. The molecule has 3 nitrogen and oxygen atoms in total. The Morgan fingerprint density at radius 1 is 1.50 bits per heavy atom. The van der Waals surface area contributed by atoms with Gasteiger partial charge in [0, 0.05) is 23.1 Å². The molecule has 1 amide bonds. The molecule has 0 bridgehead atoms. The Morgan fingerprint density at radius 3 is 2.81 bits per heavy atom. The molecule has 0 radical (unpaired) electrons. The number of carbonyl (C=O) groups is 1. The van der Waals surface area contributed by atoms with Gasteiger partial charge in [-0.25, -0.2) is 0 Å². The van der Waals surface area contributed by atoms with Gasteiger partial charge in [0.25, 0.3) is 0 Å². The van der Waals surface area contributed by atoms with E-state index in [1.165, 1.54) is 0 Å². The van der Waals surface area contributed by atoms with Gasteiger partial charge >= 0.3 is 0 Å².